The van der Waals surface area contributed by atoms with Crippen LogP contribution in [0.3, 0.4) is 0 Å². The number of morpholine rings is 1. The zero-order valence-corrected chi connectivity index (χ0v) is 14.7. The molecule has 1 heterocycles. The number of hydrogen-bond donors (Lipinski definition) is 1. The van der Waals surface area contributed by atoms with Gasteiger partial charge in [-0.1, -0.05) is 23.7 Å². The van der Waals surface area contributed by atoms with Crippen LogP contribution in [0.2, 0.25) is 5.02 Å². The van der Waals surface area contributed by atoms with Gasteiger partial charge in [-0.2, -0.15) is 0 Å². The Morgan fingerprint density at radius 1 is 1.00 bits per heavy atom. The van der Waals surface area contributed by atoms with Crippen molar-refractivity contribution in [3.63, 3.8) is 0 Å². The number of sulfonamides is 1. The van der Waals surface area contributed by atoms with Gasteiger partial charge in [0.05, 0.1) is 19.0 Å². The van der Waals surface area contributed by atoms with E-state index < -0.39 is 10.0 Å². The Morgan fingerprint density at radius 2 is 1.62 bits per heavy atom. The van der Waals surface area contributed by atoms with E-state index in [0.29, 0.717) is 16.3 Å². The van der Waals surface area contributed by atoms with Crippen molar-refractivity contribution in [1.29, 1.82) is 0 Å². The maximum absolute atomic E-state index is 12.3. The molecule has 1 aliphatic heterocycles. The molecule has 2 aromatic rings. The van der Waals surface area contributed by atoms with E-state index in [4.69, 9.17) is 16.3 Å². The number of halogens is 1. The molecule has 1 saturated heterocycles. The lowest BCUT2D eigenvalue weighted by atomic mass is 10.2. The van der Waals surface area contributed by atoms with Gasteiger partial charge in [0.1, 0.15) is 0 Å². The lowest BCUT2D eigenvalue weighted by Gasteiger charge is -2.28. The van der Waals surface area contributed by atoms with Crippen LogP contribution < -0.4 is 9.62 Å². The molecular formula is C17H19ClN2O3S. The van der Waals surface area contributed by atoms with Crippen LogP contribution in [-0.4, -0.2) is 34.7 Å². The SMILES string of the molecule is O=S(=O)(Cc1ccc(Cl)cc1)Nc1ccc(N2CCOCC2)cc1. The first kappa shape index (κ1) is 17.1. The number of anilines is 2. The van der Waals surface area contributed by atoms with E-state index in [-0.39, 0.29) is 5.75 Å². The Morgan fingerprint density at radius 3 is 2.25 bits per heavy atom. The van der Waals surface area contributed by atoms with Gasteiger partial charge < -0.3 is 9.64 Å². The molecule has 2 aromatic carbocycles. The molecule has 0 amide bonds. The number of nitrogens with zero attached hydrogens (tertiary/aromatic N) is 1. The molecule has 128 valence electrons. The summed E-state index contributed by atoms with van der Waals surface area (Å²) in [6, 6.07) is 14.2. The first-order valence-corrected chi connectivity index (χ1v) is 9.73. The summed E-state index contributed by atoms with van der Waals surface area (Å²) in [5, 5.41) is 0.586. The quantitative estimate of drug-likeness (QED) is 0.883. The highest BCUT2D eigenvalue weighted by molar-refractivity contribution is 7.91. The van der Waals surface area contributed by atoms with E-state index in [1.54, 1.807) is 36.4 Å². The van der Waals surface area contributed by atoms with Gasteiger partial charge in [0, 0.05) is 29.5 Å². The first-order chi connectivity index (χ1) is 11.5. The molecule has 0 atom stereocenters. The van der Waals surface area contributed by atoms with Gasteiger partial charge in [-0.25, -0.2) is 8.42 Å². The molecule has 24 heavy (non-hydrogen) atoms. The van der Waals surface area contributed by atoms with Crippen LogP contribution >= 0.6 is 11.6 Å². The minimum absolute atomic E-state index is 0.0879. The molecule has 1 aliphatic rings. The van der Waals surface area contributed by atoms with Gasteiger partial charge in [0.15, 0.2) is 0 Å². The Hall–Kier alpha value is -1.76. The minimum Gasteiger partial charge on any atom is -0.378 e. The number of benzene rings is 2. The van der Waals surface area contributed by atoms with E-state index in [1.807, 2.05) is 12.1 Å². The molecule has 1 N–H and O–H groups in total. The summed E-state index contributed by atoms with van der Waals surface area (Å²) in [5.41, 5.74) is 2.32. The largest absolute Gasteiger partial charge is 0.378 e. The molecule has 0 radical (unpaired) electrons. The smallest absolute Gasteiger partial charge is 0.236 e. The molecule has 0 spiro atoms. The zero-order valence-electron chi connectivity index (χ0n) is 13.1. The second kappa shape index (κ2) is 7.42. The third-order valence-corrected chi connectivity index (χ3v) is 5.30. The third kappa shape index (κ3) is 4.63. The van der Waals surface area contributed by atoms with Crippen LogP contribution in [0.25, 0.3) is 0 Å². The van der Waals surface area contributed by atoms with Crippen molar-refractivity contribution >= 4 is 33.0 Å². The number of nitrogens with one attached hydrogen (secondary N) is 1. The van der Waals surface area contributed by atoms with Crippen LogP contribution in [0.1, 0.15) is 5.56 Å². The van der Waals surface area contributed by atoms with Crippen LogP contribution in [0.5, 0.6) is 0 Å². The maximum atomic E-state index is 12.3. The molecule has 0 aliphatic carbocycles. The minimum atomic E-state index is -3.46. The summed E-state index contributed by atoms with van der Waals surface area (Å²) in [5.74, 6) is -0.0879. The van der Waals surface area contributed by atoms with Crippen molar-refractivity contribution in [3.05, 3.63) is 59.1 Å². The Bertz CT molecular complexity index is 770. The molecule has 0 unspecified atom stereocenters. The van der Waals surface area contributed by atoms with Gasteiger partial charge in [-0.15, -0.1) is 0 Å². The van der Waals surface area contributed by atoms with Crippen molar-refractivity contribution in [1.82, 2.24) is 0 Å². The van der Waals surface area contributed by atoms with Crippen molar-refractivity contribution in [2.45, 2.75) is 5.75 Å². The molecule has 0 aromatic heterocycles. The van der Waals surface area contributed by atoms with E-state index in [1.165, 1.54) is 0 Å². The average molecular weight is 367 g/mol. The number of hydrogen-bond acceptors (Lipinski definition) is 4. The molecular weight excluding hydrogens is 348 g/mol. The average Bonchev–Trinajstić information content (AvgIpc) is 2.58. The summed E-state index contributed by atoms with van der Waals surface area (Å²) in [6.07, 6.45) is 0. The second-order valence-corrected chi connectivity index (χ2v) is 7.79. The van der Waals surface area contributed by atoms with E-state index in [2.05, 4.69) is 9.62 Å². The van der Waals surface area contributed by atoms with Crippen LogP contribution in [-0.2, 0) is 20.5 Å². The molecule has 0 bridgehead atoms. The summed E-state index contributed by atoms with van der Waals surface area (Å²) < 4.78 is 32.5. The first-order valence-electron chi connectivity index (χ1n) is 7.69. The predicted molar refractivity (Wildman–Crippen MR) is 97.2 cm³/mol. The topological polar surface area (TPSA) is 58.6 Å². The summed E-state index contributed by atoms with van der Waals surface area (Å²) >= 11 is 5.81. The van der Waals surface area contributed by atoms with Gasteiger partial charge in [-0.05, 0) is 42.0 Å². The highest BCUT2D eigenvalue weighted by Gasteiger charge is 2.14. The summed E-state index contributed by atoms with van der Waals surface area (Å²) in [4.78, 5) is 2.22. The predicted octanol–water partition coefficient (Wildman–Crippen LogP) is 3.12. The van der Waals surface area contributed by atoms with Gasteiger partial charge in [-0.3, -0.25) is 4.72 Å². The normalized spacial score (nSPS) is 15.3. The molecule has 7 heteroatoms. The number of ether oxygens (including phenoxy) is 1. The Kier molecular flexibility index (Phi) is 5.28. The van der Waals surface area contributed by atoms with Crippen LogP contribution in [0.4, 0.5) is 11.4 Å². The molecule has 1 fully saturated rings. The van der Waals surface area contributed by atoms with E-state index in [0.717, 1.165) is 32.0 Å². The lowest BCUT2D eigenvalue weighted by molar-refractivity contribution is 0.122. The fourth-order valence-electron chi connectivity index (χ4n) is 2.58. The lowest BCUT2D eigenvalue weighted by Crippen LogP contribution is -2.36. The van der Waals surface area contributed by atoms with Crippen molar-refractivity contribution < 1.29 is 13.2 Å². The third-order valence-electron chi connectivity index (χ3n) is 3.79. The van der Waals surface area contributed by atoms with Gasteiger partial charge >= 0.3 is 0 Å². The second-order valence-electron chi connectivity index (χ2n) is 5.63. The van der Waals surface area contributed by atoms with E-state index in [9.17, 15) is 8.42 Å². The van der Waals surface area contributed by atoms with Crippen molar-refractivity contribution in [3.8, 4) is 0 Å². The zero-order chi connectivity index (χ0) is 17.0. The maximum Gasteiger partial charge on any atom is 0.236 e. The summed E-state index contributed by atoms with van der Waals surface area (Å²) in [6.45, 7) is 3.13. The highest BCUT2D eigenvalue weighted by Crippen LogP contribution is 2.20. The van der Waals surface area contributed by atoms with Crippen molar-refractivity contribution in [2.75, 3.05) is 35.9 Å². The van der Waals surface area contributed by atoms with Gasteiger partial charge in [0.25, 0.3) is 0 Å². The molecule has 3 rings (SSSR count). The monoisotopic (exact) mass is 366 g/mol. The summed E-state index contributed by atoms with van der Waals surface area (Å²) in [7, 11) is -3.46. The van der Waals surface area contributed by atoms with E-state index >= 15 is 0 Å². The number of rotatable bonds is 5. The highest BCUT2D eigenvalue weighted by atomic mass is 35.5. The fourth-order valence-corrected chi connectivity index (χ4v) is 3.90. The van der Waals surface area contributed by atoms with Crippen LogP contribution in [0.15, 0.2) is 48.5 Å². The van der Waals surface area contributed by atoms with Crippen molar-refractivity contribution in [2.24, 2.45) is 0 Å². The Labute approximate surface area is 147 Å². The molecule has 0 saturated carbocycles. The fraction of sp³-hybridized carbons (Fsp3) is 0.294. The molecule has 5 nitrogen and oxygen atoms in total. The standard InChI is InChI=1S/C17H19ClN2O3S/c18-15-3-1-14(2-4-15)13-24(21,22)19-16-5-7-17(8-6-16)20-9-11-23-12-10-20/h1-8,19H,9-13H2. The van der Waals surface area contributed by atoms with Gasteiger partial charge in [0.2, 0.25) is 10.0 Å². The van der Waals surface area contributed by atoms with Crippen LogP contribution in [0, 0.1) is 0 Å². The Balaban J connectivity index is 1.64.